The average molecular weight is 209 g/mol. The molecule has 0 aromatic carbocycles. The molecule has 15 heavy (non-hydrogen) atoms. The maximum absolute atomic E-state index is 11.6. The van der Waals surface area contributed by atoms with Crippen molar-refractivity contribution in [3.05, 3.63) is 0 Å². The zero-order valence-corrected chi connectivity index (χ0v) is 9.18. The second kappa shape index (κ2) is 3.69. The maximum Gasteiger partial charge on any atom is 0.417 e. The standard InChI is InChI=1S/C9H13N4O2/c1-11(2)7-6(5-10)8(14)13(4)9(15)12(7)3/h6H,1-4H3/q+1. The Morgan fingerprint density at radius 3 is 2.20 bits per heavy atom. The third kappa shape index (κ3) is 1.56. The minimum absolute atomic E-state index is 0.408. The van der Waals surface area contributed by atoms with Gasteiger partial charge in [0.2, 0.25) is 5.92 Å². The zero-order chi connectivity index (χ0) is 11.7. The van der Waals surface area contributed by atoms with Crippen LogP contribution >= 0.6 is 0 Å². The van der Waals surface area contributed by atoms with Crippen molar-refractivity contribution in [2.75, 3.05) is 28.2 Å². The molecule has 0 N–H and O–H groups in total. The highest BCUT2D eigenvalue weighted by Gasteiger charge is 2.47. The molecule has 0 aromatic rings. The topological polar surface area (TPSA) is 67.4 Å². The number of nitriles is 1. The van der Waals surface area contributed by atoms with Crippen molar-refractivity contribution in [1.82, 2.24) is 9.80 Å². The van der Waals surface area contributed by atoms with E-state index in [0.717, 1.165) is 4.90 Å². The predicted octanol–water partition coefficient (Wildman–Crippen LogP) is -0.679. The normalized spacial score (nSPS) is 21.8. The molecule has 1 unspecified atom stereocenters. The predicted molar refractivity (Wildman–Crippen MR) is 52.1 cm³/mol. The van der Waals surface area contributed by atoms with Gasteiger partial charge < -0.3 is 0 Å². The van der Waals surface area contributed by atoms with Crippen molar-refractivity contribution in [3.8, 4) is 6.07 Å². The molecule has 0 spiro atoms. The van der Waals surface area contributed by atoms with Gasteiger partial charge in [0.05, 0.1) is 27.2 Å². The molecule has 0 aliphatic carbocycles. The highest BCUT2D eigenvalue weighted by atomic mass is 16.2. The van der Waals surface area contributed by atoms with Gasteiger partial charge in [0.1, 0.15) is 0 Å². The lowest BCUT2D eigenvalue weighted by Gasteiger charge is -2.27. The van der Waals surface area contributed by atoms with Crippen molar-refractivity contribution in [3.63, 3.8) is 0 Å². The highest BCUT2D eigenvalue weighted by Crippen LogP contribution is 2.14. The fourth-order valence-corrected chi connectivity index (χ4v) is 1.59. The zero-order valence-electron chi connectivity index (χ0n) is 9.18. The van der Waals surface area contributed by atoms with E-state index < -0.39 is 17.9 Å². The highest BCUT2D eigenvalue weighted by molar-refractivity contribution is 6.17. The monoisotopic (exact) mass is 209 g/mol. The van der Waals surface area contributed by atoms with E-state index in [1.807, 2.05) is 6.07 Å². The van der Waals surface area contributed by atoms with Gasteiger partial charge in [-0.3, -0.25) is 9.37 Å². The molecule has 0 bridgehead atoms. The van der Waals surface area contributed by atoms with Gasteiger partial charge in [0.15, 0.2) is 0 Å². The van der Waals surface area contributed by atoms with Crippen LogP contribution in [0, 0.1) is 17.2 Å². The molecule has 1 aliphatic rings. The van der Waals surface area contributed by atoms with E-state index in [4.69, 9.17) is 5.26 Å². The minimum atomic E-state index is -0.910. The van der Waals surface area contributed by atoms with Gasteiger partial charge in [-0.05, 0) is 0 Å². The van der Waals surface area contributed by atoms with Gasteiger partial charge in [-0.2, -0.15) is 10.2 Å². The fraction of sp³-hybridized carbons (Fsp3) is 0.556. The van der Waals surface area contributed by atoms with E-state index in [9.17, 15) is 9.59 Å². The smallest absolute Gasteiger partial charge is 0.272 e. The number of amidine groups is 1. The Bertz CT molecular complexity index is 389. The van der Waals surface area contributed by atoms with Crippen LogP contribution in [0.4, 0.5) is 4.79 Å². The summed E-state index contributed by atoms with van der Waals surface area (Å²) in [5.74, 6) is -0.984. The first-order chi connectivity index (χ1) is 6.91. The first-order valence-electron chi connectivity index (χ1n) is 4.40. The molecule has 0 radical (unpaired) electrons. The van der Waals surface area contributed by atoms with Crippen LogP contribution in [-0.4, -0.2) is 60.3 Å². The van der Waals surface area contributed by atoms with Crippen molar-refractivity contribution < 1.29 is 14.2 Å². The molecule has 3 amide bonds. The molecule has 0 saturated carbocycles. The van der Waals surface area contributed by atoms with Gasteiger partial charge in [-0.15, -0.1) is 0 Å². The number of carbonyl (C=O) groups is 2. The van der Waals surface area contributed by atoms with Crippen LogP contribution in [0.2, 0.25) is 0 Å². The number of rotatable bonds is 0. The third-order valence-corrected chi connectivity index (χ3v) is 2.34. The summed E-state index contributed by atoms with van der Waals surface area (Å²) >= 11 is 0. The fourth-order valence-electron chi connectivity index (χ4n) is 1.59. The first kappa shape index (κ1) is 11.2. The number of nitrogens with zero attached hydrogens (tertiary/aromatic N) is 4. The molecule has 1 aliphatic heterocycles. The quantitative estimate of drug-likeness (QED) is 0.496. The Morgan fingerprint density at radius 1 is 1.27 bits per heavy atom. The van der Waals surface area contributed by atoms with Crippen LogP contribution < -0.4 is 0 Å². The molecule has 6 nitrogen and oxygen atoms in total. The van der Waals surface area contributed by atoms with Crippen LogP contribution in [-0.2, 0) is 4.79 Å². The summed E-state index contributed by atoms with van der Waals surface area (Å²) in [6, 6.07) is 1.48. The first-order valence-corrected chi connectivity index (χ1v) is 4.40. The van der Waals surface area contributed by atoms with Crippen LogP contribution in [0.3, 0.4) is 0 Å². The van der Waals surface area contributed by atoms with Gasteiger partial charge >= 0.3 is 6.03 Å². The van der Waals surface area contributed by atoms with Crippen molar-refractivity contribution in [2.24, 2.45) is 5.92 Å². The average Bonchev–Trinajstić information content (AvgIpc) is 2.19. The molecular weight excluding hydrogens is 196 g/mol. The summed E-state index contributed by atoms with van der Waals surface area (Å²) in [5.41, 5.74) is 0. The van der Waals surface area contributed by atoms with Crippen LogP contribution in [0.5, 0.6) is 0 Å². The van der Waals surface area contributed by atoms with Gasteiger partial charge in [-0.25, -0.2) is 9.69 Å². The van der Waals surface area contributed by atoms with Crippen LogP contribution in [0.25, 0.3) is 0 Å². The van der Waals surface area contributed by atoms with Crippen molar-refractivity contribution >= 4 is 17.8 Å². The second-order valence-electron chi connectivity index (χ2n) is 3.55. The van der Waals surface area contributed by atoms with Gasteiger partial charge in [0, 0.05) is 7.05 Å². The molecule has 1 heterocycles. The van der Waals surface area contributed by atoms with Crippen LogP contribution in [0.15, 0.2) is 0 Å². The lowest BCUT2D eigenvalue weighted by Crippen LogP contribution is -2.58. The molecule has 0 aromatic heterocycles. The van der Waals surface area contributed by atoms with E-state index in [-0.39, 0.29) is 0 Å². The summed E-state index contributed by atoms with van der Waals surface area (Å²) in [6.45, 7) is 0. The second-order valence-corrected chi connectivity index (χ2v) is 3.55. The molecule has 80 valence electrons. The van der Waals surface area contributed by atoms with Crippen molar-refractivity contribution in [1.29, 1.82) is 5.26 Å². The SMILES string of the molecule is CN1C(=O)C(C#N)C(=[N+](C)C)N(C)C1=O. The Hall–Kier alpha value is -1.90. The van der Waals surface area contributed by atoms with Crippen molar-refractivity contribution in [2.45, 2.75) is 0 Å². The lowest BCUT2D eigenvalue weighted by molar-refractivity contribution is -0.471. The Balaban J connectivity index is 3.29. The summed E-state index contributed by atoms with van der Waals surface area (Å²) in [7, 11) is 6.31. The van der Waals surface area contributed by atoms with E-state index in [1.54, 1.807) is 25.7 Å². The molecule has 1 fully saturated rings. The van der Waals surface area contributed by atoms with Gasteiger partial charge in [0.25, 0.3) is 11.7 Å². The number of hydrogen-bond donors (Lipinski definition) is 0. The number of urea groups is 1. The van der Waals surface area contributed by atoms with E-state index >= 15 is 0 Å². The molecule has 6 heteroatoms. The maximum atomic E-state index is 11.6. The number of hydrogen-bond acceptors (Lipinski definition) is 3. The Kier molecular flexibility index (Phi) is 2.75. The van der Waals surface area contributed by atoms with Gasteiger partial charge in [-0.1, -0.05) is 0 Å². The molecular formula is C9H13N4O2+. The summed E-state index contributed by atoms with van der Waals surface area (Å²) in [5, 5.41) is 8.92. The number of carbonyl (C=O) groups excluding carboxylic acids is 2. The van der Waals surface area contributed by atoms with Crippen LogP contribution in [0.1, 0.15) is 0 Å². The number of imide groups is 1. The van der Waals surface area contributed by atoms with E-state index in [2.05, 4.69) is 0 Å². The third-order valence-electron chi connectivity index (χ3n) is 2.34. The molecule has 1 saturated heterocycles. The largest absolute Gasteiger partial charge is 0.417 e. The Labute approximate surface area is 88.0 Å². The Morgan fingerprint density at radius 2 is 1.80 bits per heavy atom. The molecule has 1 atom stereocenters. The lowest BCUT2D eigenvalue weighted by atomic mass is 10.1. The summed E-state index contributed by atoms with van der Waals surface area (Å²) in [4.78, 5) is 25.5. The summed E-state index contributed by atoms with van der Waals surface area (Å²) in [6.07, 6.45) is 0. The molecule has 1 rings (SSSR count). The van der Waals surface area contributed by atoms with E-state index in [0.29, 0.717) is 5.84 Å². The summed E-state index contributed by atoms with van der Waals surface area (Å²) < 4.78 is 1.61. The number of amides is 3. The minimum Gasteiger partial charge on any atom is -0.272 e. The van der Waals surface area contributed by atoms with E-state index in [1.165, 1.54) is 11.9 Å².